The highest BCUT2D eigenvalue weighted by Gasteiger charge is 2.50. The highest BCUT2D eigenvalue weighted by molar-refractivity contribution is 6.04. The van der Waals surface area contributed by atoms with Gasteiger partial charge in [0.25, 0.3) is 0 Å². The number of aliphatic imine (C=N–C) groups is 1. The third-order valence-corrected chi connectivity index (χ3v) is 3.06. The van der Waals surface area contributed by atoms with Crippen LogP contribution in [0.5, 0.6) is 0 Å². The summed E-state index contributed by atoms with van der Waals surface area (Å²) in [4.78, 5) is 5.67. The number of halogens is 3. The number of rotatable bonds is 2. The Morgan fingerprint density at radius 3 is 2.83 bits per heavy atom. The molecule has 0 spiro atoms. The summed E-state index contributed by atoms with van der Waals surface area (Å²) in [5.74, 6) is -1.52. The summed E-state index contributed by atoms with van der Waals surface area (Å²) in [7, 11) is 1.62. The van der Waals surface area contributed by atoms with Gasteiger partial charge < -0.3 is 15.6 Å². The fraction of sp³-hybridized carbons (Fsp3) is 0.636. The fourth-order valence-corrected chi connectivity index (χ4v) is 2.21. The van der Waals surface area contributed by atoms with Crippen LogP contribution in [0.4, 0.5) is 13.2 Å². The van der Waals surface area contributed by atoms with E-state index in [0.717, 1.165) is 0 Å². The number of hydrogen-bond donors (Lipinski definition) is 2. The van der Waals surface area contributed by atoms with Crippen LogP contribution >= 0.6 is 0 Å². The van der Waals surface area contributed by atoms with Crippen LogP contribution in [0.1, 0.15) is 13.3 Å². The van der Waals surface area contributed by atoms with Gasteiger partial charge in [-0.1, -0.05) is 0 Å². The van der Waals surface area contributed by atoms with E-state index in [9.17, 15) is 13.2 Å². The fourth-order valence-electron chi connectivity index (χ4n) is 2.21. The van der Waals surface area contributed by atoms with Gasteiger partial charge in [-0.3, -0.25) is 4.99 Å². The molecule has 100 valence electrons. The van der Waals surface area contributed by atoms with Crippen LogP contribution in [0.2, 0.25) is 0 Å². The van der Waals surface area contributed by atoms with Gasteiger partial charge in [-0.25, -0.2) is 0 Å². The van der Waals surface area contributed by atoms with Crippen molar-refractivity contribution in [3.63, 3.8) is 0 Å². The molecule has 2 aliphatic rings. The van der Waals surface area contributed by atoms with Crippen LogP contribution in [0.25, 0.3) is 0 Å². The minimum absolute atomic E-state index is 0.0911. The highest BCUT2D eigenvalue weighted by Crippen LogP contribution is 2.36. The maximum absolute atomic E-state index is 12.9. The normalized spacial score (nSPS) is 27.3. The third-order valence-electron chi connectivity index (χ3n) is 3.06. The maximum atomic E-state index is 12.9. The molecule has 0 bridgehead atoms. The number of nitrogens with one attached hydrogen (secondary N) is 2. The molecular formula is C11H15F3N4. The third kappa shape index (κ3) is 2.34. The van der Waals surface area contributed by atoms with Gasteiger partial charge in [0.15, 0.2) is 0 Å². The van der Waals surface area contributed by atoms with E-state index in [1.54, 1.807) is 25.1 Å². The van der Waals surface area contributed by atoms with Crippen LogP contribution in [0.3, 0.4) is 0 Å². The Balaban J connectivity index is 2.26. The summed E-state index contributed by atoms with van der Waals surface area (Å²) in [5, 5.41) is 10.3. The van der Waals surface area contributed by atoms with E-state index < -0.39 is 18.3 Å². The van der Waals surface area contributed by atoms with Gasteiger partial charge in [0, 0.05) is 31.9 Å². The molecule has 0 aliphatic carbocycles. The Hall–Kier alpha value is -1.53. The zero-order valence-corrected chi connectivity index (χ0v) is 10.2. The molecule has 4 nitrogen and oxygen atoms in total. The Bertz CT molecular complexity index is 424. The van der Waals surface area contributed by atoms with E-state index >= 15 is 0 Å². The quantitative estimate of drug-likeness (QED) is 0.743. The van der Waals surface area contributed by atoms with Gasteiger partial charge in [0.05, 0.1) is 11.4 Å². The van der Waals surface area contributed by atoms with Gasteiger partial charge >= 0.3 is 6.18 Å². The molecule has 2 aliphatic heterocycles. The predicted molar refractivity (Wildman–Crippen MR) is 62.6 cm³/mol. The van der Waals surface area contributed by atoms with Crippen LogP contribution in [-0.4, -0.2) is 42.3 Å². The van der Waals surface area contributed by atoms with E-state index in [4.69, 9.17) is 5.41 Å². The second kappa shape index (κ2) is 4.29. The molecule has 2 rings (SSSR count). The smallest absolute Gasteiger partial charge is 0.371 e. The van der Waals surface area contributed by atoms with Crippen molar-refractivity contribution in [2.45, 2.75) is 25.7 Å². The first-order valence-electron chi connectivity index (χ1n) is 5.65. The van der Waals surface area contributed by atoms with Crippen molar-refractivity contribution in [3.8, 4) is 0 Å². The summed E-state index contributed by atoms with van der Waals surface area (Å²) >= 11 is 0. The van der Waals surface area contributed by atoms with E-state index in [-0.39, 0.29) is 12.3 Å². The van der Waals surface area contributed by atoms with E-state index in [0.29, 0.717) is 17.8 Å². The van der Waals surface area contributed by atoms with Crippen molar-refractivity contribution in [2.75, 3.05) is 13.6 Å². The molecule has 2 unspecified atom stereocenters. The van der Waals surface area contributed by atoms with E-state index in [1.165, 1.54) is 0 Å². The Morgan fingerprint density at radius 2 is 2.28 bits per heavy atom. The Kier molecular flexibility index (Phi) is 3.08. The van der Waals surface area contributed by atoms with Gasteiger partial charge in [-0.2, -0.15) is 13.2 Å². The minimum atomic E-state index is -4.27. The average Bonchev–Trinajstić information content (AvgIpc) is 2.54. The summed E-state index contributed by atoms with van der Waals surface area (Å²) in [6.45, 7) is 1.52. The Morgan fingerprint density at radius 1 is 1.61 bits per heavy atom. The first kappa shape index (κ1) is 12.9. The number of alkyl halides is 3. The first-order valence-corrected chi connectivity index (χ1v) is 5.65. The molecule has 0 aromatic carbocycles. The van der Waals surface area contributed by atoms with E-state index in [1.807, 2.05) is 0 Å². The first-order chi connectivity index (χ1) is 8.29. The van der Waals surface area contributed by atoms with E-state index in [2.05, 4.69) is 10.3 Å². The molecule has 0 aromatic rings. The molecule has 0 amide bonds. The molecule has 0 radical (unpaired) electrons. The molecule has 7 heteroatoms. The van der Waals surface area contributed by atoms with Gasteiger partial charge in [-0.15, -0.1) is 0 Å². The molecule has 2 atom stereocenters. The highest BCUT2D eigenvalue weighted by atomic mass is 19.4. The monoisotopic (exact) mass is 260 g/mol. The zero-order chi connectivity index (χ0) is 13.5. The molecule has 1 saturated heterocycles. The molecule has 18 heavy (non-hydrogen) atoms. The molecule has 2 heterocycles. The van der Waals surface area contributed by atoms with Crippen molar-refractivity contribution in [1.29, 1.82) is 5.41 Å². The lowest BCUT2D eigenvalue weighted by Gasteiger charge is -2.22. The summed E-state index contributed by atoms with van der Waals surface area (Å²) in [6.07, 6.45) is -2.84. The minimum Gasteiger partial charge on any atom is -0.371 e. The van der Waals surface area contributed by atoms with Crippen LogP contribution < -0.4 is 5.32 Å². The number of likely N-dealkylation sites (tertiary alicyclic amines) is 1. The van der Waals surface area contributed by atoms with Crippen LogP contribution in [0, 0.1) is 11.3 Å². The lowest BCUT2D eigenvalue weighted by molar-refractivity contribution is -0.154. The second-order valence-corrected chi connectivity index (χ2v) is 4.69. The lowest BCUT2D eigenvalue weighted by Crippen LogP contribution is -2.35. The molecule has 0 aromatic heterocycles. The predicted octanol–water partition coefficient (Wildman–Crippen LogP) is 1.75. The largest absolute Gasteiger partial charge is 0.399 e. The number of allylic oxidation sites excluding steroid dienone is 1. The summed E-state index contributed by atoms with van der Waals surface area (Å²) in [5.41, 5.74) is 0.981. The summed E-state index contributed by atoms with van der Waals surface area (Å²) < 4.78 is 38.7. The van der Waals surface area contributed by atoms with Crippen LogP contribution in [-0.2, 0) is 0 Å². The number of hydrogen-bond acceptors (Lipinski definition) is 4. The maximum Gasteiger partial charge on any atom is 0.399 e. The van der Waals surface area contributed by atoms with Crippen molar-refractivity contribution < 1.29 is 13.2 Å². The molecule has 0 saturated carbocycles. The van der Waals surface area contributed by atoms with Crippen molar-refractivity contribution in [3.05, 3.63) is 11.9 Å². The molecular weight excluding hydrogens is 245 g/mol. The van der Waals surface area contributed by atoms with Gasteiger partial charge in [-0.05, 0) is 6.92 Å². The number of fused-ring (bicyclic) bond motifs is 1. The Labute approximate surface area is 103 Å². The SMILES string of the molecule is CC(=N)CC1N=C2C(=CN1)N(C)CC2C(F)(F)F. The second-order valence-electron chi connectivity index (χ2n) is 4.69. The van der Waals surface area contributed by atoms with Crippen LogP contribution in [0.15, 0.2) is 16.9 Å². The van der Waals surface area contributed by atoms with Gasteiger partial charge in [0.2, 0.25) is 0 Å². The molecule has 1 fully saturated rings. The molecule has 2 N–H and O–H groups in total. The zero-order valence-electron chi connectivity index (χ0n) is 10.2. The number of nitrogens with zero attached hydrogens (tertiary/aromatic N) is 2. The van der Waals surface area contributed by atoms with Crippen molar-refractivity contribution in [1.82, 2.24) is 10.2 Å². The van der Waals surface area contributed by atoms with Gasteiger partial charge in [0.1, 0.15) is 12.1 Å². The lowest BCUT2D eigenvalue weighted by atomic mass is 10.0. The van der Waals surface area contributed by atoms with Crippen molar-refractivity contribution >= 4 is 11.4 Å². The standard InChI is InChI=1S/C11H15F3N4/c1-6(15)3-9-16-4-8-10(17-9)7(5-18(8)2)11(12,13)14/h4,7,9,15-16H,3,5H2,1-2H3. The summed E-state index contributed by atoms with van der Waals surface area (Å²) in [6, 6.07) is 0. The topological polar surface area (TPSA) is 51.5 Å². The average molecular weight is 260 g/mol. The van der Waals surface area contributed by atoms with Crippen molar-refractivity contribution in [2.24, 2.45) is 10.9 Å².